The molecule has 2 heterocycles. The van der Waals surface area contributed by atoms with Gasteiger partial charge >= 0.3 is 0 Å². The van der Waals surface area contributed by atoms with Gasteiger partial charge in [-0.1, -0.05) is 12.1 Å². The Morgan fingerprint density at radius 2 is 1.72 bits per heavy atom. The van der Waals surface area contributed by atoms with Crippen molar-refractivity contribution in [2.45, 2.75) is 0 Å². The van der Waals surface area contributed by atoms with Gasteiger partial charge in [-0.15, -0.1) is 0 Å². The fourth-order valence-corrected chi connectivity index (χ4v) is 3.21. The quantitative estimate of drug-likeness (QED) is 0.483. The van der Waals surface area contributed by atoms with Crippen LogP contribution in [0.4, 0.5) is 17.2 Å². The summed E-state index contributed by atoms with van der Waals surface area (Å²) in [6.45, 7) is 0. The summed E-state index contributed by atoms with van der Waals surface area (Å²) in [5.41, 5.74) is 9.93. The number of hydrogen-bond acceptors (Lipinski definition) is 7. The van der Waals surface area contributed by atoms with Crippen LogP contribution in [0.3, 0.4) is 0 Å². The Hall–Kier alpha value is -3.94. The SMILES string of the molecule is COc1cc(Nc2nccn3c(-c4cccc(N)c4)cnc23)cc(OC)c1OC. The van der Waals surface area contributed by atoms with E-state index < -0.39 is 0 Å². The fraction of sp³-hybridized carbons (Fsp3) is 0.143. The minimum atomic E-state index is 0.525. The van der Waals surface area contributed by atoms with Crippen LogP contribution in [0.15, 0.2) is 55.0 Å². The van der Waals surface area contributed by atoms with Gasteiger partial charge in [-0.3, -0.25) is 4.40 Å². The number of fused-ring (bicyclic) bond motifs is 1. The Kier molecular flexibility index (Phi) is 4.82. The molecule has 3 N–H and O–H groups in total. The Morgan fingerprint density at radius 1 is 0.966 bits per heavy atom. The topological polar surface area (TPSA) is 95.9 Å². The van der Waals surface area contributed by atoms with Crippen molar-refractivity contribution in [2.24, 2.45) is 0 Å². The first kappa shape index (κ1) is 18.4. The highest BCUT2D eigenvalue weighted by Gasteiger charge is 2.15. The van der Waals surface area contributed by atoms with Crippen LogP contribution in [0.1, 0.15) is 0 Å². The number of hydrogen-bond donors (Lipinski definition) is 2. The van der Waals surface area contributed by atoms with E-state index >= 15 is 0 Å². The highest BCUT2D eigenvalue weighted by molar-refractivity contribution is 5.76. The molecule has 8 nitrogen and oxygen atoms in total. The van der Waals surface area contributed by atoms with Crippen molar-refractivity contribution in [3.8, 4) is 28.5 Å². The minimum absolute atomic E-state index is 0.525. The van der Waals surface area contributed by atoms with Gasteiger partial charge < -0.3 is 25.3 Å². The number of rotatable bonds is 6. The second-order valence-electron chi connectivity index (χ2n) is 6.28. The van der Waals surface area contributed by atoms with E-state index in [0.29, 0.717) is 34.4 Å². The van der Waals surface area contributed by atoms with Gasteiger partial charge in [0.2, 0.25) is 5.75 Å². The van der Waals surface area contributed by atoms with Crippen LogP contribution < -0.4 is 25.3 Å². The van der Waals surface area contributed by atoms with Crippen molar-refractivity contribution in [3.05, 3.63) is 55.0 Å². The molecule has 4 aromatic rings. The molecule has 0 radical (unpaired) electrons. The first-order valence-electron chi connectivity index (χ1n) is 8.89. The molecule has 4 rings (SSSR count). The molecule has 0 unspecified atom stereocenters. The number of ether oxygens (including phenoxy) is 3. The van der Waals surface area contributed by atoms with Gasteiger partial charge in [-0.25, -0.2) is 9.97 Å². The van der Waals surface area contributed by atoms with E-state index in [1.807, 2.05) is 47.0 Å². The van der Waals surface area contributed by atoms with Crippen molar-refractivity contribution in [1.29, 1.82) is 0 Å². The number of benzene rings is 2. The summed E-state index contributed by atoms with van der Waals surface area (Å²) >= 11 is 0. The number of nitrogens with two attached hydrogens (primary N) is 1. The minimum Gasteiger partial charge on any atom is -0.493 e. The molecule has 148 valence electrons. The lowest BCUT2D eigenvalue weighted by Crippen LogP contribution is -2.01. The zero-order valence-corrected chi connectivity index (χ0v) is 16.3. The summed E-state index contributed by atoms with van der Waals surface area (Å²) in [6.07, 6.45) is 5.37. The lowest BCUT2D eigenvalue weighted by Gasteiger charge is -2.15. The van der Waals surface area contributed by atoms with Crippen LogP contribution in [0.25, 0.3) is 16.9 Å². The maximum Gasteiger partial charge on any atom is 0.203 e. The summed E-state index contributed by atoms with van der Waals surface area (Å²) in [4.78, 5) is 9.00. The molecule has 8 heteroatoms. The Balaban J connectivity index is 1.76. The number of aromatic nitrogens is 3. The molecule has 0 bridgehead atoms. The van der Waals surface area contributed by atoms with E-state index in [0.717, 1.165) is 16.9 Å². The van der Waals surface area contributed by atoms with Crippen molar-refractivity contribution in [3.63, 3.8) is 0 Å². The Bertz CT molecular complexity index is 1150. The van der Waals surface area contributed by atoms with Gasteiger partial charge in [0, 0.05) is 41.5 Å². The molecule has 0 saturated heterocycles. The molecule has 2 aromatic heterocycles. The first-order valence-corrected chi connectivity index (χ1v) is 8.89. The van der Waals surface area contributed by atoms with Crippen LogP contribution in [-0.4, -0.2) is 35.7 Å². The smallest absolute Gasteiger partial charge is 0.203 e. The molecule has 0 saturated carbocycles. The Labute approximate surface area is 167 Å². The monoisotopic (exact) mass is 391 g/mol. The van der Waals surface area contributed by atoms with E-state index in [1.54, 1.807) is 33.7 Å². The van der Waals surface area contributed by atoms with E-state index in [4.69, 9.17) is 19.9 Å². The van der Waals surface area contributed by atoms with Crippen LogP contribution >= 0.6 is 0 Å². The molecule has 0 aliphatic heterocycles. The summed E-state index contributed by atoms with van der Waals surface area (Å²) in [7, 11) is 4.72. The second-order valence-corrected chi connectivity index (χ2v) is 6.28. The van der Waals surface area contributed by atoms with Gasteiger partial charge in [-0.05, 0) is 12.1 Å². The van der Waals surface area contributed by atoms with E-state index in [9.17, 15) is 0 Å². The van der Waals surface area contributed by atoms with E-state index in [2.05, 4.69) is 15.3 Å². The van der Waals surface area contributed by atoms with Gasteiger partial charge in [-0.2, -0.15) is 0 Å². The second kappa shape index (κ2) is 7.59. The number of anilines is 3. The molecular formula is C21H21N5O3. The highest BCUT2D eigenvalue weighted by atomic mass is 16.5. The third-order valence-corrected chi connectivity index (χ3v) is 4.54. The van der Waals surface area contributed by atoms with Crippen molar-refractivity contribution >= 4 is 22.8 Å². The third kappa shape index (κ3) is 3.36. The Morgan fingerprint density at radius 3 is 2.38 bits per heavy atom. The van der Waals surface area contributed by atoms with Crippen LogP contribution in [0, 0.1) is 0 Å². The zero-order chi connectivity index (χ0) is 20.4. The number of nitrogens with zero attached hydrogens (tertiary/aromatic N) is 3. The lowest BCUT2D eigenvalue weighted by molar-refractivity contribution is 0.324. The molecule has 0 atom stereocenters. The van der Waals surface area contributed by atoms with Gasteiger partial charge in [0.05, 0.1) is 33.2 Å². The molecule has 0 aliphatic carbocycles. The normalized spacial score (nSPS) is 10.7. The highest BCUT2D eigenvalue weighted by Crippen LogP contribution is 2.40. The summed E-state index contributed by atoms with van der Waals surface area (Å²) < 4.78 is 18.2. The van der Waals surface area contributed by atoms with Crippen LogP contribution in [0.2, 0.25) is 0 Å². The molecule has 2 aromatic carbocycles. The molecule has 0 amide bonds. The van der Waals surface area contributed by atoms with E-state index in [1.165, 1.54) is 0 Å². The van der Waals surface area contributed by atoms with Crippen molar-refractivity contribution < 1.29 is 14.2 Å². The van der Waals surface area contributed by atoms with Gasteiger partial charge in [0.1, 0.15) is 0 Å². The molecule has 0 spiro atoms. The standard InChI is InChI=1S/C21H21N5O3/c1-27-17-10-15(11-18(28-2)19(17)29-3)25-20-21-24-12-16(26(21)8-7-23-20)13-5-4-6-14(22)9-13/h4-12H,22H2,1-3H3,(H,23,25). The average molecular weight is 391 g/mol. The third-order valence-electron chi connectivity index (χ3n) is 4.54. The maximum absolute atomic E-state index is 5.93. The molecule has 29 heavy (non-hydrogen) atoms. The summed E-state index contributed by atoms with van der Waals surface area (Å²) in [5.74, 6) is 2.21. The van der Waals surface area contributed by atoms with Crippen LogP contribution in [-0.2, 0) is 0 Å². The average Bonchev–Trinajstić information content (AvgIpc) is 3.18. The van der Waals surface area contributed by atoms with Crippen molar-refractivity contribution in [1.82, 2.24) is 14.4 Å². The number of imidazole rings is 1. The van der Waals surface area contributed by atoms with Gasteiger partial charge in [0.15, 0.2) is 23.0 Å². The maximum atomic E-state index is 5.93. The number of nitrogen functional groups attached to an aromatic ring is 1. The first-order chi connectivity index (χ1) is 14.1. The zero-order valence-electron chi connectivity index (χ0n) is 16.3. The summed E-state index contributed by atoms with van der Waals surface area (Å²) in [5, 5.41) is 3.29. The molecular weight excluding hydrogens is 370 g/mol. The van der Waals surface area contributed by atoms with E-state index in [-0.39, 0.29) is 0 Å². The van der Waals surface area contributed by atoms with Crippen LogP contribution in [0.5, 0.6) is 17.2 Å². The summed E-state index contributed by atoms with van der Waals surface area (Å²) in [6, 6.07) is 11.3. The largest absolute Gasteiger partial charge is 0.493 e. The molecule has 0 fully saturated rings. The predicted octanol–water partition coefficient (Wildman–Crippen LogP) is 3.75. The van der Waals surface area contributed by atoms with Crippen molar-refractivity contribution in [2.75, 3.05) is 32.4 Å². The fourth-order valence-electron chi connectivity index (χ4n) is 3.21. The number of methoxy groups -OCH3 is 3. The number of nitrogens with one attached hydrogen (secondary N) is 1. The lowest BCUT2D eigenvalue weighted by atomic mass is 10.1. The van der Waals surface area contributed by atoms with Gasteiger partial charge in [0.25, 0.3) is 0 Å². The molecule has 0 aliphatic rings. The predicted molar refractivity (Wildman–Crippen MR) is 112 cm³/mol.